The van der Waals surface area contributed by atoms with E-state index < -0.39 is 0 Å². The molecule has 22 heavy (non-hydrogen) atoms. The van der Waals surface area contributed by atoms with Crippen LogP contribution in [-0.2, 0) is 19.6 Å². The Labute approximate surface area is 136 Å². The second-order valence-electron chi connectivity index (χ2n) is 5.55. The molecule has 0 amide bonds. The van der Waals surface area contributed by atoms with E-state index in [2.05, 4.69) is 48.8 Å². The molecule has 5 heteroatoms. The van der Waals surface area contributed by atoms with Gasteiger partial charge in [-0.05, 0) is 32.4 Å². The van der Waals surface area contributed by atoms with Gasteiger partial charge in [-0.2, -0.15) is 5.10 Å². The molecule has 120 valence electrons. The van der Waals surface area contributed by atoms with E-state index in [-0.39, 0.29) is 6.61 Å². The highest BCUT2D eigenvalue weighted by Crippen LogP contribution is 2.19. The minimum absolute atomic E-state index is 0.231. The molecule has 2 heterocycles. The molecular formula is C17H25N3OS. The fraction of sp³-hybridized carbons (Fsp3) is 0.471. The van der Waals surface area contributed by atoms with Crippen LogP contribution in [-0.4, -0.2) is 32.9 Å². The van der Waals surface area contributed by atoms with Crippen LogP contribution in [0.15, 0.2) is 31.0 Å². The van der Waals surface area contributed by atoms with Crippen LogP contribution in [0.3, 0.4) is 0 Å². The zero-order chi connectivity index (χ0) is 15.9. The number of aliphatic hydroxyl groups is 1. The lowest BCUT2D eigenvalue weighted by Gasteiger charge is -2.21. The molecule has 2 rings (SSSR count). The quantitative estimate of drug-likeness (QED) is 0.722. The molecule has 0 aromatic carbocycles. The third-order valence-corrected chi connectivity index (χ3v) is 4.55. The number of aryl methyl sites for hydroxylation is 2. The van der Waals surface area contributed by atoms with Gasteiger partial charge >= 0.3 is 0 Å². The zero-order valence-electron chi connectivity index (χ0n) is 13.5. The smallest absolute Gasteiger partial charge is 0.0638 e. The van der Waals surface area contributed by atoms with Crippen LogP contribution in [0.25, 0.3) is 0 Å². The average molecular weight is 319 g/mol. The van der Waals surface area contributed by atoms with Crippen molar-refractivity contribution in [1.82, 2.24) is 14.7 Å². The van der Waals surface area contributed by atoms with Crippen molar-refractivity contribution in [2.24, 2.45) is 0 Å². The molecule has 1 N–H and O–H groups in total. The van der Waals surface area contributed by atoms with Gasteiger partial charge in [-0.15, -0.1) is 17.9 Å². The second kappa shape index (κ2) is 8.27. The van der Waals surface area contributed by atoms with Crippen LogP contribution in [0.1, 0.15) is 27.4 Å². The Morgan fingerprint density at radius 2 is 2.18 bits per heavy atom. The van der Waals surface area contributed by atoms with Gasteiger partial charge < -0.3 is 5.11 Å². The molecular weight excluding hydrogens is 294 g/mol. The van der Waals surface area contributed by atoms with E-state index in [1.54, 1.807) is 0 Å². The zero-order valence-corrected chi connectivity index (χ0v) is 14.3. The lowest BCUT2D eigenvalue weighted by Crippen LogP contribution is -2.24. The third kappa shape index (κ3) is 4.80. The Morgan fingerprint density at radius 3 is 2.82 bits per heavy atom. The number of hydrogen-bond donors (Lipinski definition) is 1. The molecule has 0 fully saturated rings. The summed E-state index contributed by atoms with van der Waals surface area (Å²) >= 11 is 1.84. The number of hydrogen-bond acceptors (Lipinski definition) is 4. The highest BCUT2D eigenvalue weighted by Gasteiger charge is 2.12. The van der Waals surface area contributed by atoms with E-state index in [0.29, 0.717) is 0 Å². The van der Waals surface area contributed by atoms with Gasteiger partial charge in [0.1, 0.15) is 0 Å². The van der Waals surface area contributed by atoms with Crippen LogP contribution in [0.2, 0.25) is 0 Å². The minimum atomic E-state index is 0.231. The molecule has 0 spiro atoms. The summed E-state index contributed by atoms with van der Waals surface area (Å²) < 4.78 is 1.93. The van der Waals surface area contributed by atoms with Crippen LogP contribution in [0.4, 0.5) is 0 Å². The number of aliphatic hydroxyl groups excluding tert-OH is 1. The maximum Gasteiger partial charge on any atom is 0.0638 e. The van der Waals surface area contributed by atoms with E-state index in [1.807, 2.05) is 22.1 Å². The lowest BCUT2D eigenvalue weighted by atomic mass is 10.2. The van der Waals surface area contributed by atoms with Crippen molar-refractivity contribution >= 4 is 11.3 Å². The number of rotatable bonds is 9. The Morgan fingerprint density at radius 1 is 1.36 bits per heavy atom. The first-order valence-electron chi connectivity index (χ1n) is 7.64. The topological polar surface area (TPSA) is 41.3 Å². The van der Waals surface area contributed by atoms with Crippen LogP contribution in [0, 0.1) is 13.8 Å². The van der Waals surface area contributed by atoms with Crippen molar-refractivity contribution in [1.29, 1.82) is 0 Å². The van der Waals surface area contributed by atoms with Gasteiger partial charge in [-0.1, -0.05) is 6.08 Å². The van der Waals surface area contributed by atoms with Gasteiger partial charge in [-0.25, -0.2) is 0 Å². The first-order chi connectivity index (χ1) is 10.6. The Hall–Kier alpha value is -1.43. The number of thiophene rings is 1. The molecule has 2 aromatic rings. The third-order valence-electron chi connectivity index (χ3n) is 3.57. The Kier molecular flexibility index (Phi) is 6.36. The van der Waals surface area contributed by atoms with Crippen LogP contribution < -0.4 is 0 Å². The maximum absolute atomic E-state index is 9.13. The predicted octanol–water partition coefficient (Wildman–Crippen LogP) is 3.13. The summed E-state index contributed by atoms with van der Waals surface area (Å²) in [5.41, 5.74) is 2.31. The van der Waals surface area contributed by atoms with Crippen molar-refractivity contribution in [3.63, 3.8) is 0 Å². The number of aromatic nitrogens is 2. The van der Waals surface area contributed by atoms with Gasteiger partial charge in [0.05, 0.1) is 12.2 Å². The van der Waals surface area contributed by atoms with Crippen molar-refractivity contribution in [2.45, 2.75) is 39.9 Å². The van der Waals surface area contributed by atoms with E-state index >= 15 is 0 Å². The fourth-order valence-electron chi connectivity index (χ4n) is 2.48. The van der Waals surface area contributed by atoms with Crippen LogP contribution in [0.5, 0.6) is 0 Å². The lowest BCUT2D eigenvalue weighted by molar-refractivity contribution is 0.213. The largest absolute Gasteiger partial charge is 0.396 e. The Balaban J connectivity index is 2.06. The molecule has 4 nitrogen and oxygen atoms in total. The van der Waals surface area contributed by atoms with Gasteiger partial charge in [0.25, 0.3) is 0 Å². The van der Waals surface area contributed by atoms with Gasteiger partial charge in [0.2, 0.25) is 0 Å². The molecule has 0 aliphatic carbocycles. The molecule has 0 bridgehead atoms. The normalized spacial score (nSPS) is 11.3. The van der Waals surface area contributed by atoms with E-state index in [1.165, 1.54) is 15.3 Å². The fourth-order valence-corrected chi connectivity index (χ4v) is 3.41. The molecule has 0 unspecified atom stereocenters. The number of allylic oxidation sites excluding steroid dienone is 1. The van der Waals surface area contributed by atoms with Crippen molar-refractivity contribution < 1.29 is 5.11 Å². The van der Waals surface area contributed by atoms with E-state index in [4.69, 9.17) is 5.11 Å². The number of nitrogens with zero attached hydrogens (tertiary/aromatic N) is 3. The monoisotopic (exact) mass is 319 g/mol. The van der Waals surface area contributed by atoms with E-state index in [9.17, 15) is 0 Å². The van der Waals surface area contributed by atoms with Crippen molar-refractivity contribution in [2.75, 3.05) is 13.2 Å². The molecule has 0 saturated heterocycles. The molecule has 0 atom stereocenters. The summed E-state index contributed by atoms with van der Waals surface area (Å²) in [4.78, 5) is 5.09. The Bertz CT molecular complexity index is 603. The standard InChI is InChI=1S/C17H25N3OS/c1-4-8-20-12-16(15(3)18-20)11-19(9-5-10-21)13-17-7-6-14(2)22-17/h4,6-7,12,21H,1,5,8-11,13H2,2-3H3. The van der Waals surface area contributed by atoms with Gasteiger partial charge in [-0.3, -0.25) is 9.58 Å². The SMILES string of the molecule is C=CCn1cc(CN(CCCO)Cc2ccc(C)s2)c(C)n1. The highest BCUT2D eigenvalue weighted by molar-refractivity contribution is 7.11. The summed E-state index contributed by atoms with van der Waals surface area (Å²) in [6, 6.07) is 4.36. The molecule has 0 saturated carbocycles. The summed E-state index contributed by atoms with van der Waals surface area (Å²) in [6.45, 7) is 11.6. The molecule has 0 radical (unpaired) electrons. The van der Waals surface area contributed by atoms with Gasteiger partial charge in [0, 0.05) is 47.8 Å². The average Bonchev–Trinajstić information content (AvgIpc) is 3.03. The summed E-state index contributed by atoms with van der Waals surface area (Å²) in [6.07, 6.45) is 4.75. The molecule has 0 aliphatic heterocycles. The summed E-state index contributed by atoms with van der Waals surface area (Å²) in [7, 11) is 0. The van der Waals surface area contributed by atoms with Gasteiger partial charge in [0.15, 0.2) is 0 Å². The van der Waals surface area contributed by atoms with Crippen molar-refractivity contribution in [3.05, 3.63) is 52.0 Å². The summed E-state index contributed by atoms with van der Waals surface area (Å²) in [5, 5.41) is 13.6. The van der Waals surface area contributed by atoms with Crippen LogP contribution >= 0.6 is 11.3 Å². The van der Waals surface area contributed by atoms with Crippen molar-refractivity contribution in [3.8, 4) is 0 Å². The molecule has 2 aromatic heterocycles. The maximum atomic E-state index is 9.13. The predicted molar refractivity (Wildman–Crippen MR) is 92.0 cm³/mol. The second-order valence-corrected chi connectivity index (χ2v) is 6.92. The highest BCUT2D eigenvalue weighted by atomic mass is 32.1. The molecule has 0 aliphatic rings. The minimum Gasteiger partial charge on any atom is -0.396 e. The summed E-state index contributed by atoms with van der Waals surface area (Å²) in [5.74, 6) is 0. The first kappa shape index (κ1) is 16.9. The first-order valence-corrected chi connectivity index (χ1v) is 8.46. The van der Waals surface area contributed by atoms with E-state index in [0.717, 1.165) is 38.3 Å².